The SMILES string of the molecule is CCCCC(CC)CC[N+](=O)[O-]. The monoisotopic (exact) mass is 173 g/mol. The van der Waals surface area contributed by atoms with Gasteiger partial charge < -0.3 is 0 Å². The average Bonchev–Trinajstić information content (AvgIpc) is 2.05. The van der Waals surface area contributed by atoms with Crippen LogP contribution in [0, 0.1) is 16.0 Å². The Labute approximate surface area is 74.3 Å². The van der Waals surface area contributed by atoms with Crippen molar-refractivity contribution in [1.82, 2.24) is 0 Å². The molecule has 0 heterocycles. The van der Waals surface area contributed by atoms with Crippen LogP contribution in [-0.4, -0.2) is 11.5 Å². The van der Waals surface area contributed by atoms with Crippen molar-refractivity contribution in [3.63, 3.8) is 0 Å². The van der Waals surface area contributed by atoms with Crippen molar-refractivity contribution >= 4 is 0 Å². The molecule has 3 nitrogen and oxygen atoms in total. The Kier molecular flexibility index (Phi) is 6.72. The molecule has 12 heavy (non-hydrogen) atoms. The van der Waals surface area contributed by atoms with Crippen LogP contribution in [0.25, 0.3) is 0 Å². The molecule has 72 valence electrons. The Hall–Kier alpha value is -0.600. The molecule has 0 aliphatic heterocycles. The number of nitro groups is 1. The highest BCUT2D eigenvalue weighted by Crippen LogP contribution is 2.15. The third-order valence-electron chi connectivity index (χ3n) is 2.26. The lowest BCUT2D eigenvalue weighted by Crippen LogP contribution is -2.08. The van der Waals surface area contributed by atoms with E-state index in [1.165, 1.54) is 12.8 Å². The van der Waals surface area contributed by atoms with Gasteiger partial charge in [-0.1, -0.05) is 39.5 Å². The van der Waals surface area contributed by atoms with Crippen molar-refractivity contribution in [2.24, 2.45) is 5.92 Å². The van der Waals surface area contributed by atoms with Gasteiger partial charge in [0.2, 0.25) is 6.54 Å². The summed E-state index contributed by atoms with van der Waals surface area (Å²) in [5.74, 6) is 0.565. The van der Waals surface area contributed by atoms with Gasteiger partial charge in [-0.15, -0.1) is 0 Å². The summed E-state index contributed by atoms with van der Waals surface area (Å²) >= 11 is 0. The molecule has 0 radical (unpaired) electrons. The Morgan fingerprint density at radius 3 is 2.42 bits per heavy atom. The molecule has 1 unspecified atom stereocenters. The van der Waals surface area contributed by atoms with Gasteiger partial charge in [0.1, 0.15) is 0 Å². The highest BCUT2D eigenvalue weighted by molar-refractivity contribution is 4.56. The normalized spacial score (nSPS) is 12.8. The van der Waals surface area contributed by atoms with Gasteiger partial charge in [-0.2, -0.15) is 0 Å². The summed E-state index contributed by atoms with van der Waals surface area (Å²) in [6.45, 7) is 4.41. The zero-order valence-corrected chi connectivity index (χ0v) is 8.08. The molecule has 0 bridgehead atoms. The van der Waals surface area contributed by atoms with Crippen LogP contribution in [0.4, 0.5) is 0 Å². The predicted octanol–water partition coefficient (Wildman–Crippen LogP) is 2.87. The lowest BCUT2D eigenvalue weighted by molar-refractivity contribution is -0.481. The van der Waals surface area contributed by atoms with E-state index in [2.05, 4.69) is 13.8 Å². The fourth-order valence-corrected chi connectivity index (χ4v) is 1.33. The maximum absolute atomic E-state index is 10.1. The molecular formula is C9H19NO2. The number of rotatable bonds is 7. The fourth-order valence-electron chi connectivity index (χ4n) is 1.33. The molecular weight excluding hydrogens is 154 g/mol. The first-order chi connectivity index (χ1) is 5.70. The summed E-state index contributed by atoms with van der Waals surface area (Å²) in [5.41, 5.74) is 0. The Bertz CT molecular complexity index is 126. The fraction of sp³-hybridized carbons (Fsp3) is 1.00. The molecule has 0 saturated carbocycles. The third-order valence-corrected chi connectivity index (χ3v) is 2.26. The van der Waals surface area contributed by atoms with Crippen molar-refractivity contribution in [2.75, 3.05) is 6.54 Å². The van der Waals surface area contributed by atoms with Crippen LogP contribution in [-0.2, 0) is 0 Å². The maximum Gasteiger partial charge on any atom is 0.204 e. The minimum absolute atomic E-state index is 0.141. The van der Waals surface area contributed by atoms with E-state index >= 15 is 0 Å². The molecule has 0 fully saturated rings. The average molecular weight is 173 g/mol. The molecule has 0 amide bonds. The maximum atomic E-state index is 10.1. The van der Waals surface area contributed by atoms with Gasteiger partial charge in [0.25, 0.3) is 0 Å². The predicted molar refractivity (Wildman–Crippen MR) is 49.8 cm³/mol. The molecule has 0 aromatic rings. The first-order valence-electron chi connectivity index (χ1n) is 4.82. The van der Waals surface area contributed by atoms with Crippen molar-refractivity contribution < 1.29 is 4.92 Å². The molecule has 0 rings (SSSR count). The van der Waals surface area contributed by atoms with E-state index in [1.807, 2.05) is 0 Å². The van der Waals surface area contributed by atoms with Gasteiger partial charge in [0.05, 0.1) is 0 Å². The van der Waals surface area contributed by atoms with E-state index < -0.39 is 0 Å². The smallest absolute Gasteiger partial charge is 0.204 e. The van der Waals surface area contributed by atoms with Crippen LogP contribution in [0.2, 0.25) is 0 Å². The van der Waals surface area contributed by atoms with Crippen molar-refractivity contribution in [2.45, 2.75) is 46.0 Å². The second-order valence-electron chi connectivity index (χ2n) is 3.26. The highest BCUT2D eigenvalue weighted by atomic mass is 16.6. The zero-order chi connectivity index (χ0) is 9.40. The van der Waals surface area contributed by atoms with E-state index in [0.717, 1.165) is 19.3 Å². The van der Waals surface area contributed by atoms with Crippen molar-refractivity contribution in [3.05, 3.63) is 10.1 Å². The van der Waals surface area contributed by atoms with Gasteiger partial charge in [0.15, 0.2) is 0 Å². The van der Waals surface area contributed by atoms with E-state index in [1.54, 1.807) is 0 Å². The quantitative estimate of drug-likeness (QED) is 0.439. The van der Waals surface area contributed by atoms with E-state index in [-0.39, 0.29) is 11.5 Å². The largest absolute Gasteiger partial charge is 0.265 e. The summed E-state index contributed by atoms with van der Waals surface area (Å²) in [6.07, 6.45) is 5.38. The molecule has 1 atom stereocenters. The topological polar surface area (TPSA) is 43.1 Å². The molecule has 0 aromatic heterocycles. The highest BCUT2D eigenvalue weighted by Gasteiger charge is 2.08. The van der Waals surface area contributed by atoms with Crippen LogP contribution in [0.3, 0.4) is 0 Å². The van der Waals surface area contributed by atoms with Gasteiger partial charge in [-0.05, 0) is 5.92 Å². The Morgan fingerprint density at radius 1 is 1.33 bits per heavy atom. The Balaban J connectivity index is 3.45. The summed E-state index contributed by atoms with van der Waals surface area (Å²) in [7, 11) is 0. The molecule has 0 saturated heterocycles. The summed E-state index contributed by atoms with van der Waals surface area (Å²) in [4.78, 5) is 9.89. The van der Waals surface area contributed by atoms with Gasteiger partial charge in [-0.25, -0.2) is 0 Å². The van der Waals surface area contributed by atoms with Crippen LogP contribution in [0.5, 0.6) is 0 Å². The molecule has 0 aliphatic rings. The van der Waals surface area contributed by atoms with Gasteiger partial charge in [-0.3, -0.25) is 10.1 Å². The molecule has 0 spiro atoms. The van der Waals surface area contributed by atoms with E-state index in [9.17, 15) is 10.1 Å². The van der Waals surface area contributed by atoms with Crippen molar-refractivity contribution in [1.29, 1.82) is 0 Å². The number of hydrogen-bond acceptors (Lipinski definition) is 2. The number of nitrogens with zero attached hydrogens (tertiary/aromatic N) is 1. The lowest BCUT2D eigenvalue weighted by atomic mass is 9.96. The molecule has 0 aromatic carbocycles. The summed E-state index contributed by atoms with van der Waals surface area (Å²) in [5, 5.41) is 10.1. The molecule has 0 N–H and O–H groups in total. The molecule has 0 aliphatic carbocycles. The summed E-state index contributed by atoms with van der Waals surface area (Å²) in [6, 6.07) is 0. The van der Waals surface area contributed by atoms with E-state index in [4.69, 9.17) is 0 Å². The van der Waals surface area contributed by atoms with E-state index in [0.29, 0.717) is 5.92 Å². The van der Waals surface area contributed by atoms with Crippen LogP contribution in [0.15, 0.2) is 0 Å². The second kappa shape index (κ2) is 7.07. The lowest BCUT2D eigenvalue weighted by Gasteiger charge is -2.10. The second-order valence-corrected chi connectivity index (χ2v) is 3.26. The van der Waals surface area contributed by atoms with Crippen LogP contribution < -0.4 is 0 Å². The first kappa shape index (κ1) is 11.4. The zero-order valence-electron chi connectivity index (χ0n) is 8.08. The first-order valence-corrected chi connectivity index (χ1v) is 4.82. The minimum Gasteiger partial charge on any atom is -0.265 e. The standard InChI is InChI=1S/C9H19NO2/c1-3-5-6-9(4-2)7-8-10(11)12/h9H,3-8H2,1-2H3. The van der Waals surface area contributed by atoms with Gasteiger partial charge in [0, 0.05) is 11.3 Å². The third kappa shape index (κ3) is 6.13. The summed E-state index contributed by atoms with van der Waals surface area (Å²) < 4.78 is 0. The molecule has 3 heteroatoms. The van der Waals surface area contributed by atoms with Crippen LogP contribution >= 0.6 is 0 Å². The minimum atomic E-state index is -0.214. The van der Waals surface area contributed by atoms with Crippen molar-refractivity contribution in [3.8, 4) is 0 Å². The van der Waals surface area contributed by atoms with Crippen LogP contribution in [0.1, 0.15) is 46.0 Å². The number of unbranched alkanes of at least 4 members (excludes halogenated alkanes) is 1. The Morgan fingerprint density at radius 2 is 2.00 bits per heavy atom. The number of hydrogen-bond donors (Lipinski definition) is 0. The van der Waals surface area contributed by atoms with Gasteiger partial charge >= 0.3 is 0 Å².